The van der Waals surface area contributed by atoms with Crippen LogP contribution < -0.4 is 0 Å². The molecule has 0 bridgehead atoms. The molecular formula is C11H10ClN3O. The van der Waals surface area contributed by atoms with Gasteiger partial charge in [0.25, 0.3) is 0 Å². The van der Waals surface area contributed by atoms with Crippen LogP contribution in [-0.4, -0.2) is 20.8 Å². The van der Waals surface area contributed by atoms with Gasteiger partial charge in [-0.3, -0.25) is 4.79 Å². The maximum Gasteiger partial charge on any atom is 0.214 e. The molecular weight excluding hydrogens is 226 g/mol. The van der Waals surface area contributed by atoms with E-state index in [1.807, 2.05) is 13.0 Å². The minimum atomic E-state index is -0.169. The van der Waals surface area contributed by atoms with Crippen molar-refractivity contribution in [2.24, 2.45) is 7.05 Å². The highest BCUT2D eigenvalue weighted by molar-refractivity contribution is 6.34. The maximum atomic E-state index is 12.1. The summed E-state index contributed by atoms with van der Waals surface area (Å²) in [4.78, 5) is 12.1. The van der Waals surface area contributed by atoms with Gasteiger partial charge in [-0.05, 0) is 24.6 Å². The lowest BCUT2D eigenvalue weighted by Gasteiger charge is -2.03. The average Bonchev–Trinajstić information content (AvgIpc) is 2.63. The topological polar surface area (TPSA) is 47.8 Å². The minimum Gasteiger partial charge on any atom is -0.287 e. The Morgan fingerprint density at radius 3 is 2.75 bits per heavy atom. The molecule has 0 aliphatic rings. The zero-order chi connectivity index (χ0) is 11.7. The zero-order valence-electron chi connectivity index (χ0n) is 8.94. The molecule has 0 fully saturated rings. The van der Waals surface area contributed by atoms with Gasteiger partial charge < -0.3 is 0 Å². The molecule has 1 aromatic carbocycles. The van der Waals surface area contributed by atoms with Gasteiger partial charge in [-0.15, -0.1) is 5.10 Å². The number of hydrogen-bond donors (Lipinski definition) is 0. The number of halogens is 1. The second-order valence-corrected chi connectivity index (χ2v) is 3.96. The maximum absolute atomic E-state index is 12.1. The van der Waals surface area contributed by atoms with Crippen molar-refractivity contribution in [1.29, 1.82) is 0 Å². The van der Waals surface area contributed by atoms with E-state index in [-0.39, 0.29) is 5.78 Å². The van der Waals surface area contributed by atoms with Crippen LogP contribution >= 0.6 is 11.6 Å². The molecule has 16 heavy (non-hydrogen) atoms. The Kier molecular flexibility index (Phi) is 2.75. The summed E-state index contributed by atoms with van der Waals surface area (Å²) >= 11 is 6.02. The van der Waals surface area contributed by atoms with Crippen LogP contribution in [0.5, 0.6) is 0 Å². The molecule has 82 valence electrons. The van der Waals surface area contributed by atoms with E-state index in [0.717, 1.165) is 5.56 Å². The van der Waals surface area contributed by atoms with Crippen molar-refractivity contribution in [2.75, 3.05) is 0 Å². The van der Waals surface area contributed by atoms with Crippen molar-refractivity contribution in [3.63, 3.8) is 0 Å². The van der Waals surface area contributed by atoms with Crippen molar-refractivity contribution < 1.29 is 4.79 Å². The Labute approximate surface area is 97.8 Å². The summed E-state index contributed by atoms with van der Waals surface area (Å²) in [6, 6.07) is 5.33. The van der Waals surface area contributed by atoms with E-state index in [1.165, 1.54) is 10.9 Å². The first kappa shape index (κ1) is 10.8. The van der Waals surface area contributed by atoms with E-state index in [1.54, 1.807) is 19.2 Å². The van der Waals surface area contributed by atoms with E-state index in [2.05, 4.69) is 10.3 Å². The molecule has 4 nitrogen and oxygen atoms in total. The summed E-state index contributed by atoms with van der Waals surface area (Å²) < 4.78 is 1.43. The minimum absolute atomic E-state index is 0.169. The molecule has 0 unspecified atom stereocenters. The predicted molar refractivity (Wildman–Crippen MR) is 60.6 cm³/mol. The molecule has 0 aliphatic heterocycles. The van der Waals surface area contributed by atoms with Gasteiger partial charge in [-0.2, -0.15) is 0 Å². The van der Waals surface area contributed by atoms with Crippen LogP contribution in [-0.2, 0) is 7.05 Å². The van der Waals surface area contributed by atoms with Crippen LogP contribution in [0.3, 0.4) is 0 Å². The summed E-state index contributed by atoms with van der Waals surface area (Å²) in [6.45, 7) is 1.92. The van der Waals surface area contributed by atoms with Gasteiger partial charge in [0.2, 0.25) is 5.78 Å². The van der Waals surface area contributed by atoms with Gasteiger partial charge >= 0.3 is 0 Å². The Hall–Kier alpha value is -1.68. The van der Waals surface area contributed by atoms with Crippen LogP contribution in [0, 0.1) is 6.92 Å². The first-order valence-corrected chi connectivity index (χ1v) is 5.13. The lowest BCUT2D eigenvalue weighted by atomic mass is 10.1. The highest BCUT2D eigenvalue weighted by Crippen LogP contribution is 2.20. The normalized spacial score (nSPS) is 10.4. The van der Waals surface area contributed by atoms with Crippen LogP contribution in [0.2, 0.25) is 5.02 Å². The number of aryl methyl sites for hydroxylation is 2. The highest BCUT2D eigenvalue weighted by atomic mass is 35.5. The molecule has 2 aromatic rings. The molecule has 1 aromatic heterocycles. The number of carbonyl (C=O) groups is 1. The van der Waals surface area contributed by atoms with Gasteiger partial charge in [0, 0.05) is 12.6 Å². The predicted octanol–water partition coefficient (Wildman–Crippen LogP) is 2.01. The third-order valence-corrected chi connectivity index (χ3v) is 2.63. The van der Waals surface area contributed by atoms with E-state index in [4.69, 9.17) is 11.6 Å². The summed E-state index contributed by atoms with van der Waals surface area (Å²) in [5.41, 5.74) is 1.91. The number of rotatable bonds is 2. The number of ketones is 1. The lowest BCUT2D eigenvalue weighted by molar-refractivity contribution is 0.103. The second kappa shape index (κ2) is 4.06. The third-order valence-electron chi connectivity index (χ3n) is 2.32. The van der Waals surface area contributed by atoms with Crippen LogP contribution in [0.15, 0.2) is 24.4 Å². The Morgan fingerprint density at radius 1 is 1.44 bits per heavy atom. The van der Waals surface area contributed by atoms with Gasteiger partial charge in [0.05, 0.1) is 11.2 Å². The van der Waals surface area contributed by atoms with Crippen LogP contribution in [0.1, 0.15) is 21.6 Å². The molecule has 0 spiro atoms. The fraction of sp³-hybridized carbons (Fsp3) is 0.182. The summed E-state index contributed by atoms with van der Waals surface area (Å²) in [5.74, 6) is -0.169. The van der Waals surface area contributed by atoms with Crippen molar-refractivity contribution in [2.45, 2.75) is 6.92 Å². The fourth-order valence-corrected chi connectivity index (χ4v) is 1.76. The van der Waals surface area contributed by atoms with Gasteiger partial charge in [-0.25, -0.2) is 4.68 Å². The number of benzene rings is 1. The van der Waals surface area contributed by atoms with Crippen molar-refractivity contribution >= 4 is 17.4 Å². The van der Waals surface area contributed by atoms with Gasteiger partial charge in [0.15, 0.2) is 0 Å². The van der Waals surface area contributed by atoms with E-state index < -0.39 is 0 Å². The molecule has 0 saturated carbocycles. The molecule has 2 rings (SSSR count). The van der Waals surface area contributed by atoms with E-state index >= 15 is 0 Å². The molecule has 0 N–H and O–H groups in total. The van der Waals surface area contributed by atoms with Gasteiger partial charge in [0.1, 0.15) is 5.69 Å². The highest BCUT2D eigenvalue weighted by Gasteiger charge is 2.16. The zero-order valence-corrected chi connectivity index (χ0v) is 9.69. The smallest absolute Gasteiger partial charge is 0.214 e. The summed E-state index contributed by atoms with van der Waals surface area (Å²) in [6.07, 6.45) is 1.43. The monoisotopic (exact) mass is 235 g/mol. The van der Waals surface area contributed by atoms with Gasteiger partial charge in [-0.1, -0.05) is 22.9 Å². The molecule has 0 saturated heterocycles. The molecule has 1 heterocycles. The van der Waals surface area contributed by atoms with Crippen LogP contribution in [0.25, 0.3) is 0 Å². The first-order valence-electron chi connectivity index (χ1n) is 4.75. The Morgan fingerprint density at radius 2 is 2.19 bits per heavy atom. The number of hydrogen-bond acceptors (Lipinski definition) is 3. The molecule has 5 heteroatoms. The summed E-state index contributed by atoms with van der Waals surface area (Å²) in [5, 5.41) is 7.83. The van der Waals surface area contributed by atoms with Crippen molar-refractivity contribution in [1.82, 2.24) is 15.0 Å². The molecule has 0 aliphatic carbocycles. The first-order chi connectivity index (χ1) is 7.59. The molecule has 0 atom stereocenters. The number of aromatic nitrogens is 3. The van der Waals surface area contributed by atoms with Crippen LogP contribution in [0.4, 0.5) is 0 Å². The summed E-state index contributed by atoms with van der Waals surface area (Å²) in [7, 11) is 1.67. The number of nitrogens with zero attached hydrogens (tertiary/aromatic N) is 3. The Balaban J connectivity index is 2.46. The molecule has 0 radical (unpaired) electrons. The fourth-order valence-electron chi connectivity index (χ4n) is 1.44. The SMILES string of the molecule is Cc1ccc(C(=O)c2cnnn2C)c(Cl)c1. The molecule has 0 amide bonds. The van der Waals surface area contributed by atoms with E-state index in [9.17, 15) is 4.79 Å². The standard InChI is InChI=1S/C11H10ClN3O/c1-7-3-4-8(9(12)5-7)11(16)10-6-13-14-15(10)2/h3-6H,1-2H3. The second-order valence-electron chi connectivity index (χ2n) is 3.56. The quantitative estimate of drug-likeness (QED) is 0.748. The van der Waals surface area contributed by atoms with Crippen molar-refractivity contribution in [3.05, 3.63) is 46.2 Å². The number of carbonyl (C=O) groups excluding carboxylic acids is 1. The Bertz CT molecular complexity index is 548. The van der Waals surface area contributed by atoms with Crippen molar-refractivity contribution in [3.8, 4) is 0 Å². The lowest BCUT2D eigenvalue weighted by Crippen LogP contribution is -2.08. The third kappa shape index (κ3) is 1.84. The average molecular weight is 236 g/mol. The van der Waals surface area contributed by atoms with E-state index in [0.29, 0.717) is 16.3 Å². The largest absolute Gasteiger partial charge is 0.287 e.